The summed E-state index contributed by atoms with van der Waals surface area (Å²) in [7, 11) is 0. The summed E-state index contributed by atoms with van der Waals surface area (Å²) in [6.45, 7) is 2.63. The molecule has 6 heteroatoms. The molecule has 1 saturated heterocycles. The third-order valence-corrected chi connectivity index (χ3v) is 5.01. The molecule has 3 rings (SSSR count). The maximum Gasteiger partial charge on any atom is 0.289 e. The second-order valence-electron chi connectivity index (χ2n) is 6.06. The van der Waals surface area contributed by atoms with Gasteiger partial charge in [-0.25, -0.2) is 0 Å². The zero-order chi connectivity index (χ0) is 15.5. The summed E-state index contributed by atoms with van der Waals surface area (Å²) >= 11 is 3.22. The van der Waals surface area contributed by atoms with Gasteiger partial charge in [0.05, 0.1) is 0 Å². The lowest BCUT2D eigenvalue weighted by Gasteiger charge is -2.24. The molecule has 2 heterocycles. The molecule has 2 amide bonds. The van der Waals surface area contributed by atoms with Crippen LogP contribution in [0.3, 0.4) is 0 Å². The van der Waals surface area contributed by atoms with Crippen LogP contribution in [-0.4, -0.2) is 47.8 Å². The standard InChI is InChI=1S/C16H21BrN2O3/c17-14-7-6-13(22-14)16(21)19-9-3-8-18(10-11-19)15(20)12-4-1-2-5-12/h6-7,12H,1-5,8-11H2. The van der Waals surface area contributed by atoms with E-state index in [-0.39, 0.29) is 17.7 Å². The summed E-state index contributed by atoms with van der Waals surface area (Å²) in [6.07, 6.45) is 5.22. The lowest BCUT2D eigenvalue weighted by molar-refractivity contribution is -0.135. The van der Waals surface area contributed by atoms with Crippen molar-refractivity contribution in [1.29, 1.82) is 0 Å². The summed E-state index contributed by atoms with van der Waals surface area (Å²) in [6, 6.07) is 3.40. The van der Waals surface area contributed by atoms with Crippen LogP contribution in [0, 0.1) is 5.92 Å². The van der Waals surface area contributed by atoms with Crippen LogP contribution in [0.2, 0.25) is 0 Å². The van der Waals surface area contributed by atoms with E-state index >= 15 is 0 Å². The van der Waals surface area contributed by atoms with Crippen LogP contribution in [-0.2, 0) is 4.79 Å². The van der Waals surface area contributed by atoms with E-state index in [9.17, 15) is 9.59 Å². The second kappa shape index (κ2) is 6.86. The Hall–Kier alpha value is -1.30. The van der Waals surface area contributed by atoms with E-state index in [0.717, 1.165) is 25.8 Å². The van der Waals surface area contributed by atoms with E-state index < -0.39 is 0 Å². The van der Waals surface area contributed by atoms with Gasteiger partial charge in [0.2, 0.25) is 5.91 Å². The first-order chi connectivity index (χ1) is 10.6. The minimum Gasteiger partial charge on any atom is -0.444 e. The molecule has 0 spiro atoms. The van der Waals surface area contributed by atoms with Crippen LogP contribution in [0.5, 0.6) is 0 Å². The highest BCUT2D eigenvalue weighted by atomic mass is 79.9. The lowest BCUT2D eigenvalue weighted by atomic mass is 10.1. The first-order valence-electron chi connectivity index (χ1n) is 7.98. The Labute approximate surface area is 138 Å². The predicted molar refractivity (Wildman–Crippen MR) is 85.5 cm³/mol. The molecule has 1 aliphatic carbocycles. The Balaban J connectivity index is 1.59. The Bertz CT molecular complexity index is 551. The molecule has 0 aromatic carbocycles. The number of furan rings is 1. The molecule has 2 fully saturated rings. The van der Waals surface area contributed by atoms with E-state index in [2.05, 4.69) is 15.9 Å². The number of hydrogen-bond donors (Lipinski definition) is 0. The molecule has 0 bridgehead atoms. The van der Waals surface area contributed by atoms with Crippen LogP contribution >= 0.6 is 15.9 Å². The fourth-order valence-corrected chi connectivity index (χ4v) is 3.66. The first kappa shape index (κ1) is 15.6. The Kier molecular flexibility index (Phi) is 4.86. The van der Waals surface area contributed by atoms with Crippen molar-refractivity contribution < 1.29 is 14.0 Å². The SMILES string of the molecule is O=C(c1ccc(Br)o1)N1CCCN(C(=O)C2CCCC2)CC1. The third kappa shape index (κ3) is 3.37. The van der Waals surface area contributed by atoms with Crippen LogP contribution in [0.1, 0.15) is 42.7 Å². The molecule has 2 aliphatic rings. The molecule has 0 atom stereocenters. The van der Waals surface area contributed by atoms with E-state index in [1.165, 1.54) is 12.8 Å². The number of hydrogen-bond acceptors (Lipinski definition) is 3. The van der Waals surface area contributed by atoms with E-state index in [4.69, 9.17) is 4.42 Å². The lowest BCUT2D eigenvalue weighted by Crippen LogP contribution is -2.39. The molecule has 1 saturated carbocycles. The summed E-state index contributed by atoms with van der Waals surface area (Å²) in [5.41, 5.74) is 0. The van der Waals surface area contributed by atoms with Gasteiger partial charge in [-0.15, -0.1) is 0 Å². The number of amides is 2. The van der Waals surface area contributed by atoms with Crippen LogP contribution in [0.25, 0.3) is 0 Å². The fourth-order valence-electron chi connectivity index (χ4n) is 3.36. The second-order valence-corrected chi connectivity index (χ2v) is 6.84. The normalized spacial score (nSPS) is 20.2. The van der Waals surface area contributed by atoms with Crippen molar-refractivity contribution in [3.63, 3.8) is 0 Å². The molecule has 120 valence electrons. The van der Waals surface area contributed by atoms with Gasteiger partial charge in [-0.05, 0) is 47.3 Å². The van der Waals surface area contributed by atoms with Gasteiger partial charge in [-0.2, -0.15) is 0 Å². The van der Waals surface area contributed by atoms with Gasteiger partial charge >= 0.3 is 0 Å². The maximum atomic E-state index is 12.5. The molecule has 0 unspecified atom stereocenters. The molecule has 0 N–H and O–H groups in total. The van der Waals surface area contributed by atoms with Crippen molar-refractivity contribution in [2.75, 3.05) is 26.2 Å². The number of halogens is 1. The Morgan fingerprint density at radius 1 is 1.00 bits per heavy atom. The van der Waals surface area contributed by atoms with Gasteiger partial charge in [-0.3, -0.25) is 9.59 Å². The van der Waals surface area contributed by atoms with Crippen molar-refractivity contribution in [3.05, 3.63) is 22.6 Å². The molecule has 5 nitrogen and oxygen atoms in total. The molecule has 1 aromatic heterocycles. The number of carbonyl (C=O) groups is 2. The third-order valence-electron chi connectivity index (χ3n) is 4.58. The number of carbonyl (C=O) groups excluding carboxylic acids is 2. The summed E-state index contributed by atoms with van der Waals surface area (Å²) in [4.78, 5) is 28.6. The molecular weight excluding hydrogens is 348 g/mol. The molecular formula is C16H21BrN2O3. The largest absolute Gasteiger partial charge is 0.444 e. The minimum absolute atomic E-state index is 0.0964. The summed E-state index contributed by atoms with van der Waals surface area (Å²) in [5, 5.41) is 0. The van der Waals surface area contributed by atoms with Gasteiger partial charge in [0.1, 0.15) is 0 Å². The highest BCUT2D eigenvalue weighted by Crippen LogP contribution is 2.27. The smallest absolute Gasteiger partial charge is 0.289 e. The van der Waals surface area contributed by atoms with Crippen molar-refractivity contribution in [2.24, 2.45) is 5.92 Å². The quantitative estimate of drug-likeness (QED) is 0.806. The predicted octanol–water partition coefficient (Wildman–Crippen LogP) is 2.91. The van der Waals surface area contributed by atoms with Crippen molar-refractivity contribution in [2.45, 2.75) is 32.1 Å². The maximum absolute atomic E-state index is 12.5. The first-order valence-corrected chi connectivity index (χ1v) is 8.78. The topological polar surface area (TPSA) is 53.8 Å². The molecule has 1 aromatic rings. The van der Waals surface area contributed by atoms with E-state index in [0.29, 0.717) is 30.1 Å². The fraction of sp³-hybridized carbons (Fsp3) is 0.625. The van der Waals surface area contributed by atoms with Crippen molar-refractivity contribution in [3.8, 4) is 0 Å². The van der Waals surface area contributed by atoms with Crippen LogP contribution < -0.4 is 0 Å². The van der Waals surface area contributed by atoms with Gasteiger partial charge in [0.15, 0.2) is 10.4 Å². The zero-order valence-corrected chi connectivity index (χ0v) is 14.2. The number of rotatable bonds is 2. The highest BCUT2D eigenvalue weighted by Gasteiger charge is 2.29. The molecule has 0 radical (unpaired) electrons. The zero-order valence-electron chi connectivity index (χ0n) is 12.6. The minimum atomic E-state index is -0.0964. The van der Waals surface area contributed by atoms with Crippen molar-refractivity contribution in [1.82, 2.24) is 9.80 Å². The van der Waals surface area contributed by atoms with Crippen LogP contribution in [0.4, 0.5) is 0 Å². The Morgan fingerprint density at radius 2 is 1.68 bits per heavy atom. The average molecular weight is 369 g/mol. The average Bonchev–Trinajstić information content (AvgIpc) is 3.13. The summed E-state index contributed by atoms with van der Waals surface area (Å²) in [5.74, 6) is 0.749. The molecule has 1 aliphatic heterocycles. The van der Waals surface area contributed by atoms with Crippen molar-refractivity contribution >= 4 is 27.7 Å². The Morgan fingerprint density at radius 3 is 2.36 bits per heavy atom. The monoisotopic (exact) mass is 368 g/mol. The number of nitrogens with zero attached hydrogens (tertiary/aromatic N) is 2. The van der Waals surface area contributed by atoms with Gasteiger partial charge in [0, 0.05) is 32.1 Å². The van der Waals surface area contributed by atoms with Crippen LogP contribution in [0.15, 0.2) is 21.2 Å². The van der Waals surface area contributed by atoms with E-state index in [1.807, 2.05) is 4.90 Å². The van der Waals surface area contributed by atoms with Gasteiger partial charge in [0.25, 0.3) is 5.91 Å². The van der Waals surface area contributed by atoms with Gasteiger partial charge < -0.3 is 14.2 Å². The summed E-state index contributed by atoms with van der Waals surface area (Å²) < 4.78 is 5.90. The molecule has 22 heavy (non-hydrogen) atoms. The van der Waals surface area contributed by atoms with E-state index in [1.54, 1.807) is 17.0 Å². The highest BCUT2D eigenvalue weighted by molar-refractivity contribution is 9.10. The van der Waals surface area contributed by atoms with Gasteiger partial charge in [-0.1, -0.05) is 12.8 Å².